The van der Waals surface area contributed by atoms with Gasteiger partial charge in [0, 0.05) is 37.7 Å². The van der Waals surface area contributed by atoms with E-state index in [4.69, 9.17) is 11.6 Å². The van der Waals surface area contributed by atoms with Crippen LogP contribution in [0.3, 0.4) is 0 Å². The van der Waals surface area contributed by atoms with Crippen LogP contribution in [0, 0.1) is 0 Å². The van der Waals surface area contributed by atoms with Crippen molar-refractivity contribution >= 4 is 17.5 Å². The summed E-state index contributed by atoms with van der Waals surface area (Å²) in [5.74, 6) is 0.0410. The standard InChI is InChI=1S/C15H22ClN3O/c1-15(2,19-9-7-17-8-10-19)14(20)18-11-12-5-3-4-6-13(12)16/h3-6,17H,7-11H2,1-2H3,(H,18,20). The molecule has 1 amide bonds. The van der Waals surface area contributed by atoms with Gasteiger partial charge in [-0.15, -0.1) is 0 Å². The van der Waals surface area contributed by atoms with E-state index in [2.05, 4.69) is 15.5 Å². The Balaban J connectivity index is 1.95. The largest absolute Gasteiger partial charge is 0.350 e. The van der Waals surface area contributed by atoms with Crippen LogP contribution in [0.4, 0.5) is 0 Å². The molecular weight excluding hydrogens is 274 g/mol. The third kappa shape index (κ3) is 3.51. The number of rotatable bonds is 4. The molecule has 1 aliphatic heterocycles. The Hall–Kier alpha value is -1.10. The number of hydrogen-bond donors (Lipinski definition) is 2. The molecule has 1 aromatic rings. The van der Waals surface area contributed by atoms with Crippen molar-refractivity contribution in [3.8, 4) is 0 Å². The van der Waals surface area contributed by atoms with E-state index >= 15 is 0 Å². The van der Waals surface area contributed by atoms with Crippen LogP contribution in [0.5, 0.6) is 0 Å². The van der Waals surface area contributed by atoms with Gasteiger partial charge in [0.2, 0.25) is 5.91 Å². The zero-order chi connectivity index (χ0) is 14.6. The molecule has 1 fully saturated rings. The molecule has 1 aliphatic rings. The highest BCUT2D eigenvalue weighted by Gasteiger charge is 2.34. The fraction of sp³-hybridized carbons (Fsp3) is 0.533. The summed E-state index contributed by atoms with van der Waals surface area (Å²) in [6.45, 7) is 8.07. The van der Waals surface area contributed by atoms with Gasteiger partial charge in [-0.1, -0.05) is 29.8 Å². The normalized spacial score (nSPS) is 16.9. The molecule has 0 aliphatic carbocycles. The third-order valence-corrected chi connectivity index (χ3v) is 4.23. The predicted octanol–water partition coefficient (Wildman–Crippen LogP) is 1.64. The molecule has 110 valence electrons. The first-order valence-electron chi connectivity index (χ1n) is 6.99. The number of carbonyl (C=O) groups excluding carboxylic acids is 1. The van der Waals surface area contributed by atoms with E-state index in [1.54, 1.807) is 0 Å². The molecular formula is C15H22ClN3O. The quantitative estimate of drug-likeness (QED) is 0.888. The molecule has 1 heterocycles. The lowest BCUT2D eigenvalue weighted by atomic mass is 10.0. The van der Waals surface area contributed by atoms with E-state index in [1.807, 2.05) is 38.1 Å². The first-order chi connectivity index (χ1) is 9.51. The molecule has 2 N–H and O–H groups in total. The van der Waals surface area contributed by atoms with Gasteiger partial charge in [-0.25, -0.2) is 0 Å². The Kier molecular flexibility index (Phi) is 5.02. The minimum Gasteiger partial charge on any atom is -0.350 e. The highest BCUT2D eigenvalue weighted by atomic mass is 35.5. The van der Waals surface area contributed by atoms with Crippen molar-refractivity contribution in [2.24, 2.45) is 0 Å². The van der Waals surface area contributed by atoms with Crippen LogP contribution < -0.4 is 10.6 Å². The van der Waals surface area contributed by atoms with E-state index in [1.165, 1.54) is 0 Å². The maximum Gasteiger partial charge on any atom is 0.240 e. The summed E-state index contributed by atoms with van der Waals surface area (Å²) in [6, 6.07) is 7.58. The highest BCUT2D eigenvalue weighted by Crippen LogP contribution is 2.17. The molecule has 0 bridgehead atoms. The molecule has 0 aromatic heterocycles. The molecule has 1 aromatic carbocycles. The Morgan fingerprint density at radius 1 is 1.35 bits per heavy atom. The average molecular weight is 296 g/mol. The summed E-state index contributed by atoms with van der Waals surface area (Å²) in [7, 11) is 0. The van der Waals surface area contributed by atoms with Crippen LogP contribution in [0.25, 0.3) is 0 Å². The lowest BCUT2D eigenvalue weighted by Crippen LogP contribution is -2.59. The number of piperazine rings is 1. The van der Waals surface area contributed by atoms with Crippen LogP contribution in [0.15, 0.2) is 24.3 Å². The number of benzene rings is 1. The Bertz CT molecular complexity index is 470. The van der Waals surface area contributed by atoms with Gasteiger partial charge in [0.15, 0.2) is 0 Å². The first kappa shape index (κ1) is 15.3. The Morgan fingerprint density at radius 3 is 2.65 bits per heavy atom. The lowest BCUT2D eigenvalue weighted by Gasteiger charge is -2.39. The topological polar surface area (TPSA) is 44.4 Å². The monoisotopic (exact) mass is 295 g/mol. The molecule has 2 rings (SSSR count). The third-order valence-electron chi connectivity index (χ3n) is 3.86. The van der Waals surface area contributed by atoms with Crippen LogP contribution in [0.2, 0.25) is 5.02 Å². The fourth-order valence-electron chi connectivity index (χ4n) is 2.40. The number of carbonyl (C=O) groups is 1. The number of amides is 1. The van der Waals surface area contributed by atoms with Crippen molar-refractivity contribution in [2.75, 3.05) is 26.2 Å². The maximum absolute atomic E-state index is 12.4. The number of hydrogen-bond acceptors (Lipinski definition) is 3. The molecule has 20 heavy (non-hydrogen) atoms. The zero-order valence-corrected chi connectivity index (χ0v) is 12.8. The molecule has 0 saturated carbocycles. The minimum atomic E-state index is -0.497. The summed E-state index contributed by atoms with van der Waals surface area (Å²) in [6.07, 6.45) is 0. The van der Waals surface area contributed by atoms with Gasteiger partial charge >= 0.3 is 0 Å². The summed E-state index contributed by atoms with van der Waals surface area (Å²) in [5, 5.41) is 6.98. The molecule has 0 atom stereocenters. The molecule has 0 radical (unpaired) electrons. The Labute approximate surface area is 125 Å². The highest BCUT2D eigenvalue weighted by molar-refractivity contribution is 6.31. The van der Waals surface area contributed by atoms with E-state index in [9.17, 15) is 4.79 Å². The second-order valence-electron chi connectivity index (χ2n) is 5.57. The number of nitrogens with one attached hydrogen (secondary N) is 2. The van der Waals surface area contributed by atoms with Crippen LogP contribution in [-0.4, -0.2) is 42.5 Å². The lowest BCUT2D eigenvalue weighted by molar-refractivity contribution is -0.132. The zero-order valence-electron chi connectivity index (χ0n) is 12.1. The minimum absolute atomic E-state index is 0.0410. The molecule has 4 nitrogen and oxygen atoms in total. The maximum atomic E-state index is 12.4. The summed E-state index contributed by atoms with van der Waals surface area (Å²) in [5.41, 5.74) is 0.447. The summed E-state index contributed by atoms with van der Waals surface area (Å²) in [4.78, 5) is 14.6. The van der Waals surface area contributed by atoms with Gasteiger partial charge in [0.25, 0.3) is 0 Å². The Morgan fingerprint density at radius 2 is 2.00 bits per heavy atom. The van der Waals surface area contributed by atoms with Crippen molar-refractivity contribution in [1.29, 1.82) is 0 Å². The first-order valence-corrected chi connectivity index (χ1v) is 7.37. The molecule has 1 saturated heterocycles. The smallest absolute Gasteiger partial charge is 0.240 e. The fourth-order valence-corrected chi connectivity index (χ4v) is 2.60. The number of nitrogens with zero attached hydrogens (tertiary/aromatic N) is 1. The summed E-state index contributed by atoms with van der Waals surface area (Å²) >= 11 is 6.10. The van der Waals surface area contributed by atoms with E-state index in [0.717, 1.165) is 31.7 Å². The summed E-state index contributed by atoms with van der Waals surface area (Å²) < 4.78 is 0. The molecule has 5 heteroatoms. The van der Waals surface area contributed by atoms with Crippen molar-refractivity contribution in [2.45, 2.75) is 25.9 Å². The SMILES string of the molecule is CC(C)(C(=O)NCc1ccccc1Cl)N1CCNCC1. The molecule has 0 spiro atoms. The van der Waals surface area contributed by atoms with Crippen molar-refractivity contribution < 1.29 is 4.79 Å². The van der Waals surface area contributed by atoms with Crippen molar-refractivity contribution in [3.05, 3.63) is 34.9 Å². The van der Waals surface area contributed by atoms with Gasteiger partial charge in [-0.2, -0.15) is 0 Å². The second-order valence-corrected chi connectivity index (χ2v) is 5.98. The van der Waals surface area contributed by atoms with E-state index < -0.39 is 5.54 Å². The van der Waals surface area contributed by atoms with Crippen LogP contribution >= 0.6 is 11.6 Å². The average Bonchev–Trinajstić information content (AvgIpc) is 2.47. The second kappa shape index (κ2) is 6.57. The van der Waals surface area contributed by atoms with Gasteiger partial charge in [-0.05, 0) is 25.5 Å². The van der Waals surface area contributed by atoms with Crippen molar-refractivity contribution in [3.63, 3.8) is 0 Å². The molecule has 0 unspecified atom stereocenters. The van der Waals surface area contributed by atoms with Crippen molar-refractivity contribution in [1.82, 2.24) is 15.5 Å². The van der Waals surface area contributed by atoms with E-state index in [0.29, 0.717) is 11.6 Å². The van der Waals surface area contributed by atoms with Crippen LogP contribution in [-0.2, 0) is 11.3 Å². The number of halogens is 1. The van der Waals surface area contributed by atoms with Gasteiger partial charge in [0.05, 0.1) is 5.54 Å². The van der Waals surface area contributed by atoms with Gasteiger partial charge in [0.1, 0.15) is 0 Å². The van der Waals surface area contributed by atoms with E-state index in [-0.39, 0.29) is 5.91 Å². The van der Waals surface area contributed by atoms with Crippen LogP contribution in [0.1, 0.15) is 19.4 Å². The predicted molar refractivity (Wildman–Crippen MR) is 81.8 cm³/mol. The van der Waals surface area contributed by atoms with Gasteiger partial charge < -0.3 is 10.6 Å². The van der Waals surface area contributed by atoms with Gasteiger partial charge in [-0.3, -0.25) is 9.69 Å².